The van der Waals surface area contributed by atoms with Crippen molar-refractivity contribution in [1.82, 2.24) is 15.2 Å². The third-order valence-corrected chi connectivity index (χ3v) is 8.65. The standard InChI is InChI=1S/C27H24FN5O2S3/c1-4-23(24(34)31-26-32-33-27(38-26)36-5-2)37-25-21(15-29)20(17-7-6-8-18(28)13-17)14-22(30-25)16-9-11-19(35-3)12-10-16/h6-14,23H,4-5H2,1-3H3,(H,31,32,34). The van der Waals surface area contributed by atoms with Crippen LogP contribution in [-0.4, -0.2) is 39.2 Å². The highest BCUT2D eigenvalue weighted by Crippen LogP contribution is 2.37. The fraction of sp³-hybridized carbons (Fsp3) is 0.222. The molecule has 1 N–H and O–H groups in total. The van der Waals surface area contributed by atoms with Crippen molar-refractivity contribution in [3.05, 3.63) is 66.0 Å². The Morgan fingerprint density at radius 3 is 2.61 bits per heavy atom. The third kappa shape index (κ3) is 6.51. The van der Waals surface area contributed by atoms with E-state index in [1.54, 1.807) is 37.1 Å². The molecule has 4 aromatic rings. The van der Waals surface area contributed by atoms with Crippen LogP contribution >= 0.6 is 34.9 Å². The third-order valence-electron chi connectivity index (χ3n) is 5.44. The van der Waals surface area contributed by atoms with E-state index >= 15 is 0 Å². The number of methoxy groups -OCH3 is 1. The van der Waals surface area contributed by atoms with Gasteiger partial charge < -0.3 is 4.74 Å². The lowest BCUT2D eigenvalue weighted by Gasteiger charge is -2.17. The van der Waals surface area contributed by atoms with Crippen LogP contribution in [0.5, 0.6) is 5.75 Å². The number of rotatable bonds is 10. The summed E-state index contributed by atoms with van der Waals surface area (Å²) in [6.07, 6.45) is 0.487. The van der Waals surface area contributed by atoms with E-state index < -0.39 is 11.1 Å². The first-order chi connectivity index (χ1) is 18.4. The molecule has 194 valence electrons. The summed E-state index contributed by atoms with van der Waals surface area (Å²) in [6, 6.07) is 17.5. The molecule has 1 atom stereocenters. The number of thioether (sulfide) groups is 2. The van der Waals surface area contributed by atoms with Gasteiger partial charge in [0.25, 0.3) is 0 Å². The minimum absolute atomic E-state index is 0.255. The van der Waals surface area contributed by atoms with Crippen molar-refractivity contribution in [3.63, 3.8) is 0 Å². The molecular weight excluding hydrogens is 542 g/mol. The van der Waals surface area contributed by atoms with Crippen LogP contribution in [0.2, 0.25) is 0 Å². The van der Waals surface area contributed by atoms with E-state index in [2.05, 4.69) is 21.6 Å². The number of anilines is 1. The summed E-state index contributed by atoms with van der Waals surface area (Å²) in [4.78, 5) is 17.9. The number of carbonyl (C=O) groups excluding carboxylic acids is 1. The average Bonchev–Trinajstić information content (AvgIpc) is 3.37. The van der Waals surface area contributed by atoms with Gasteiger partial charge in [0.15, 0.2) is 4.34 Å². The molecule has 0 aliphatic heterocycles. The molecule has 2 heterocycles. The molecule has 0 aliphatic carbocycles. The van der Waals surface area contributed by atoms with Gasteiger partial charge in [0, 0.05) is 11.1 Å². The van der Waals surface area contributed by atoms with Crippen molar-refractivity contribution in [1.29, 1.82) is 5.26 Å². The summed E-state index contributed by atoms with van der Waals surface area (Å²) in [5, 5.41) is 21.4. The Balaban J connectivity index is 1.73. The second-order valence-corrected chi connectivity index (χ2v) is 11.6. The summed E-state index contributed by atoms with van der Waals surface area (Å²) < 4.78 is 20.2. The maximum Gasteiger partial charge on any atom is 0.239 e. The van der Waals surface area contributed by atoms with Crippen LogP contribution in [0.1, 0.15) is 25.8 Å². The molecule has 2 aromatic heterocycles. The number of benzene rings is 2. The maximum absolute atomic E-state index is 14.1. The summed E-state index contributed by atoms with van der Waals surface area (Å²) in [6.45, 7) is 3.91. The van der Waals surface area contributed by atoms with Crippen molar-refractivity contribution in [3.8, 4) is 34.2 Å². The van der Waals surface area contributed by atoms with E-state index in [1.165, 1.54) is 35.2 Å². The molecule has 11 heteroatoms. The Morgan fingerprint density at radius 2 is 1.95 bits per heavy atom. The topological polar surface area (TPSA) is 101 Å². The highest BCUT2D eigenvalue weighted by molar-refractivity contribution is 8.01. The number of hydrogen-bond acceptors (Lipinski definition) is 9. The zero-order valence-corrected chi connectivity index (χ0v) is 23.3. The van der Waals surface area contributed by atoms with Crippen LogP contribution in [0.4, 0.5) is 9.52 Å². The van der Waals surface area contributed by atoms with Gasteiger partial charge in [0.1, 0.15) is 22.7 Å². The maximum atomic E-state index is 14.1. The average molecular weight is 566 g/mol. The van der Waals surface area contributed by atoms with Crippen LogP contribution in [0.15, 0.2) is 64.0 Å². The van der Waals surface area contributed by atoms with Gasteiger partial charge in [0.2, 0.25) is 11.0 Å². The van der Waals surface area contributed by atoms with Gasteiger partial charge >= 0.3 is 0 Å². The molecule has 0 aliphatic rings. The zero-order chi connectivity index (χ0) is 27.1. The van der Waals surface area contributed by atoms with Crippen molar-refractivity contribution < 1.29 is 13.9 Å². The first kappa shape index (κ1) is 27.6. The Bertz CT molecular complexity index is 1470. The lowest BCUT2D eigenvalue weighted by molar-refractivity contribution is -0.115. The minimum Gasteiger partial charge on any atom is -0.497 e. The van der Waals surface area contributed by atoms with Gasteiger partial charge in [-0.2, -0.15) is 5.26 Å². The van der Waals surface area contributed by atoms with Gasteiger partial charge in [-0.15, -0.1) is 10.2 Å². The number of aromatic nitrogens is 3. The van der Waals surface area contributed by atoms with Crippen LogP contribution < -0.4 is 10.1 Å². The quantitative estimate of drug-likeness (QED) is 0.164. The number of amides is 1. The number of hydrogen-bond donors (Lipinski definition) is 1. The van der Waals surface area contributed by atoms with E-state index in [-0.39, 0.29) is 11.5 Å². The van der Waals surface area contributed by atoms with Gasteiger partial charge in [-0.1, -0.05) is 60.8 Å². The summed E-state index contributed by atoms with van der Waals surface area (Å²) in [5.41, 5.74) is 2.75. The van der Waals surface area contributed by atoms with Crippen LogP contribution in [0.25, 0.3) is 22.4 Å². The normalized spacial score (nSPS) is 11.6. The van der Waals surface area contributed by atoms with Crippen molar-refractivity contribution >= 4 is 45.9 Å². The summed E-state index contributed by atoms with van der Waals surface area (Å²) >= 11 is 4.07. The van der Waals surface area contributed by atoms with Crippen LogP contribution in [0.3, 0.4) is 0 Å². The van der Waals surface area contributed by atoms with Gasteiger partial charge in [-0.3, -0.25) is 10.1 Å². The second-order valence-electron chi connectivity index (χ2n) is 7.90. The number of halogens is 1. The first-order valence-corrected chi connectivity index (χ1v) is 14.4. The zero-order valence-electron chi connectivity index (χ0n) is 20.9. The number of nitrogens with one attached hydrogen (secondary N) is 1. The largest absolute Gasteiger partial charge is 0.497 e. The number of nitriles is 1. The van der Waals surface area contributed by atoms with E-state index in [0.717, 1.165) is 15.7 Å². The molecule has 0 radical (unpaired) electrons. The Kier molecular flexibility index (Phi) is 9.33. The molecule has 7 nitrogen and oxygen atoms in total. The SMILES string of the molecule is CCSc1nnc(NC(=O)C(CC)Sc2nc(-c3ccc(OC)cc3)cc(-c3cccc(F)c3)c2C#N)s1. The number of ether oxygens (including phenoxy) is 1. The summed E-state index contributed by atoms with van der Waals surface area (Å²) in [5.74, 6) is 0.889. The number of pyridine rings is 1. The fourth-order valence-corrected chi connectivity index (χ4v) is 6.27. The smallest absolute Gasteiger partial charge is 0.239 e. The van der Waals surface area contributed by atoms with E-state index in [9.17, 15) is 14.4 Å². The first-order valence-electron chi connectivity index (χ1n) is 11.7. The van der Waals surface area contributed by atoms with E-state index in [0.29, 0.717) is 39.1 Å². The molecular formula is C27H24FN5O2S3. The van der Waals surface area contributed by atoms with Crippen molar-refractivity contribution in [2.24, 2.45) is 0 Å². The molecule has 0 fully saturated rings. The molecule has 4 rings (SSSR count). The summed E-state index contributed by atoms with van der Waals surface area (Å²) in [7, 11) is 1.59. The van der Waals surface area contributed by atoms with Crippen LogP contribution in [-0.2, 0) is 4.79 Å². The van der Waals surface area contributed by atoms with Crippen LogP contribution in [0, 0.1) is 17.1 Å². The molecule has 38 heavy (non-hydrogen) atoms. The minimum atomic E-state index is -0.549. The fourth-order valence-electron chi connectivity index (χ4n) is 3.59. The number of nitrogens with zero attached hydrogens (tertiary/aromatic N) is 4. The Labute approximate surface area is 232 Å². The van der Waals surface area contributed by atoms with Crippen molar-refractivity contribution in [2.45, 2.75) is 34.9 Å². The lowest BCUT2D eigenvalue weighted by Crippen LogP contribution is -2.24. The Morgan fingerprint density at radius 1 is 1.16 bits per heavy atom. The molecule has 0 spiro atoms. The monoisotopic (exact) mass is 565 g/mol. The molecule has 0 saturated carbocycles. The van der Waals surface area contributed by atoms with Gasteiger partial charge in [-0.25, -0.2) is 9.37 Å². The lowest BCUT2D eigenvalue weighted by atomic mass is 9.99. The molecule has 1 unspecified atom stereocenters. The molecule has 1 amide bonds. The Hall–Kier alpha value is -3.46. The van der Waals surface area contributed by atoms with E-state index in [1.807, 2.05) is 38.1 Å². The van der Waals surface area contributed by atoms with Gasteiger partial charge in [0.05, 0.1) is 23.6 Å². The predicted octanol–water partition coefficient (Wildman–Crippen LogP) is 6.91. The highest BCUT2D eigenvalue weighted by atomic mass is 32.2. The molecule has 0 saturated heterocycles. The molecule has 2 aromatic carbocycles. The number of carbonyl (C=O) groups is 1. The van der Waals surface area contributed by atoms with Gasteiger partial charge in [-0.05, 0) is 60.2 Å². The predicted molar refractivity (Wildman–Crippen MR) is 151 cm³/mol. The van der Waals surface area contributed by atoms with Crippen molar-refractivity contribution in [2.75, 3.05) is 18.2 Å². The molecule has 0 bridgehead atoms. The van der Waals surface area contributed by atoms with E-state index in [4.69, 9.17) is 9.72 Å². The highest BCUT2D eigenvalue weighted by Gasteiger charge is 2.24. The second kappa shape index (κ2) is 12.9.